The van der Waals surface area contributed by atoms with Crippen LogP contribution >= 0.6 is 0 Å². The molecule has 2 aromatic rings. The number of halogens is 3. The molecular formula is C16H15F3N2O3S. The fourth-order valence-corrected chi connectivity index (χ4v) is 3.27. The zero-order valence-electron chi connectivity index (χ0n) is 13.1. The van der Waals surface area contributed by atoms with Crippen molar-refractivity contribution >= 4 is 21.6 Å². The van der Waals surface area contributed by atoms with Gasteiger partial charge in [0.2, 0.25) is 15.9 Å². The average molecular weight is 372 g/mol. The summed E-state index contributed by atoms with van der Waals surface area (Å²) >= 11 is 0. The summed E-state index contributed by atoms with van der Waals surface area (Å²) in [5, 5.41) is 2.33. The van der Waals surface area contributed by atoms with Gasteiger partial charge in [0.25, 0.3) is 0 Å². The first-order valence-electron chi connectivity index (χ1n) is 7.12. The summed E-state index contributed by atoms with van der Waals surface area (Å²) in [5.74, 6) is -0.697. The van der Waals surface area contributed by atoms with Gasteiger partial charge < -0.3 is 5.32 Å². The van der Waals surface area contributed by atoms with Gasteiger partial charge >= 0.3 is 6.18 Å². The molecule has 0 saturated carbocycles. The predicted molar refractivity (Wildman–Crippen MR) is 86.4 cm³/mol. The predicted octanol–water partition coefficient (Wildman–Crippen LogP) is 2.93. The van der Waals surface area contributed by atoms with Crippen LogP contribution in [0.25, 0.3) is 0 Å². The first-order chi connectivity index (χ1) is 11.6. The number of sulfonamides is 1. The molecule has 0 radical (unpaired) electrons. The van der Waals surface area contributed by atoms with E-state index in [0.717, 1.165) is 24.3 Å². The average Bonchev–Trinajstić information content (AvgIpc) is 2.53. The highest BCUT2D eigenvalue weighted by Gasteiger charge is 2.30. The molecule has 0 bridgehead atoms. The summed E-state index contributed by atoms with van der Waals surface area (Å²) in [7, 11) is -3.86. The van der Waals surface area contributed by atoms with Gasteiger partial charge in [-0.1, -0.05) is 18.2 Å². The highest BCUT2D eigenvalue weighted by molar-refractivity contribution is 7.89. The molecule has 2 rings (SSSR count). The van der Waals surface area contributed by atoms with Crippen molar-refractivity contribution in [3.8, 4) is 0 Å². The van der Waals surface area contributed by atoms with Gasteiger partial charge in [0.1, 0.15) is 0 Å². The van der Waals surface area contributed by atoms with Gasteiger partial charge in [-0.2, -0.15) is 13.2 Å². The quantitative estimate of drug-likeness (QED) is 0.847. The molecule has 9 heteroatoms. The first-order valence-corrected chi connectivity index (χ1v) is 8.60. The number of carbonyl (C=O) groups is 1. The SMILES string of the molecule is Cc1ccccc1S(=O)(=O)NCC(=O)Nc1ccc(C(F)(F)F)cc1. The van der Waals surface area contributed by atoms with Crippen LogP contribution in [0.5, 0.6) is 0 Å². The van der Waals surface area contributed by atoms with Crippen LogP contribution in [-0.2, 0) is 21.0 Å². The highest BCUT2D eigenvalue weighted by Crippen LogP contribution is 2.29. The topological polar surface area (TPSA) is 75.3 Å². The molecule has 0 atom stereocenters. The Morgan fingerprint density at radius 1 is 1.04 bits per heavy atom. The molecule has 0 aliphatic carbocycles. The lowest BCUT2D eigenvalue weighted by atomic mass is 10.2. The van der Waals surface area contributed by atoms with Crippen LogP contribution in [-0.4, -0.2) is 20.9 Å². The molecule has 0 aliphatic rings. The van der Waals surface area contributed by atoms with E-state index in [4.69, 9.17) is 0 Å². The maximum Gasteiger partial charge on any atom is 0.416 e. The monoisotopic (exact) mass is 372 g/mol. The van der Waals surface area contributed by atoms with Crippen molar-refractivity contribution in [2.75, 3.05) is 11.9 Å². The third-order valence-electron chi connectivity index (χ3n) is 3.30. The lowest BCUT2D eigenvalue weighted by molar-refractivity contribution is -0.137. The van der Waals surface area contributed by atoms with E-state index in [1.54, 1.807) is 25.1 Å². The Morgan fingerprint density at radius 3 is 2.20 bits per heavy atom. The normalized spacial score (nSPS) is 12.0. The smallest absolute Gasteiger partial charge is 0.325 e. The summed E-state index contributed by atoms with van der Waals surface area (Å²) in [6, 6.07) is 10.1. The van der Waals surface area contributed by atoms with Crippen LogP contribution in [0.1, 0.15) is 11.1 Å². The summed E-state index contributed by atoms with van der Waals surface area (Å²) < 4.78 is 63.8. The van der Waals surface area contributed by atoms with E-state index in [1.165, 1.54) is 6.07 Å². The second-order valence-electron chi connectivity index (χ2n) is 5.21. The van der Waals surface area contributed by atoms with E-state index in [9.17, 15) is 26.4 Å². The molecule has 2 aromatic carbocycles. The summed E-state index contributed by atoms with van der Waals surface area (Å²) in [6.45, 7) is 1.08. The van der Waals surface area contributed by atoms with E-state index in [0.29, 0.717) is 5.56 Å². The lowest BCUT2D eigenvalue weighted by Gasteiger charge is -2.10. The van der Waals surface area contributed by atoms with Crippen LogP contribution in [0.3, 0.4) is 0 Å². The number of benzene rings is 2. The number of hydrogen-bond acceptors (Lipinski definition) is 3. The van der Waals surface area contributed by atoms with Gasteiger partial charge in [-0.3, -0.25) is 4.79 Å². The molecule has 0 aromatic heterocycles. The molecule has 0 spiro atoms. The van der Waals surface area contributed by atoms with E-state index < -0.39 is 34.2 Å². The number of nitrogens with one attached hydrogen (secondary N) is 2. The van der Waals surface area contributed by atoms with E-state index in [-0.39, 0.29) is 10.6 Å². The van der Waals surface area contributed by atoms with Gasteiger partial charge in [0.15, 0.2) is 0 Å². The number of rotatable bonds is 5. The molecule has 2 N–H and O–H groups in total. The van der Waals surface area contributed by atoms with Crippen molar-refractivity contribution in [2.24, 2.45) is 0 Å². The molecule has 1 amide bonds. The Labute approximate surface area is 142 Å². The number of hydrogen-bond donors (Lipinski definition) is 2. The van der Waals surface area contributed by atoms with Crippen LogP contribution in [0.15, 0.2) is 53.4 Å². The second kappa shape index (κ2) is 7.24. The number of carbonyl (C=O) groups excluding carboxylic acids is 1. The van der Waals surface area contributed by atoms with E-state index in [1.807, 2.05) is 0 Å². The summed E-state index contributed by atoms with van der Waals surface area (Å²) in [6.07, 6.45) is -4.47. The number of amides is 1. The summed E-state index contributed by atoms with van der Waals surface area (Å²) in [4.78, 5) is 11.9. The highest BCUT2D eigenvalue weighted by atomic mass is 32.2. The Hall–Kier alpha value is -2.39. The Kier molecular flexibility index (Phi) is 5.48. The maximum absolute atomic E-state index is 12.5. The molecule has 0 fully saturated rings. The van der Waals surface area contributed by atoms with Crippen LogP contribution in [0, 0.1) is 6.92 Å². The Bertz CT molecular complexity index is 863. The number of aryl methyl sites for hydroxylation is 1. The lowest BCUT2D eigenvalue weighted by Crippen LogP contribution is -2.33. The minimum Gasteiger partial charge on any atom is -0.325 e. The fraction of sp³-hybridized carbons (Fsp3) is 0.188. The van der Waals surface area contributed by atoms with E-state index >= 15 is 0 Å². The van der Waals surface area contributed by atoms with Crippen LogP contribution in [0.2, 0.25) is 0 Å². The molecule has 5 nitrogen and oxygen atoms in total. The third-order valence-corrected chi connectivity index (χ3v) is 4.86. The molecule has 0 unspecified atom stereocenters. The first kappa shape index (κ1) is 18.9. The second-order valence-corrected chi connectivity index (χ2v) is 6.95. The zero-order chi connectivity index (χ0) is 18.7. The van der Waals surface area contributed by atoms with E-state index in [2.05, 4.69) is 10.0 Å². The van der Waals surface area contributed by atoms with Crippen LogP contribution in [0.4, 0.5) is 18.9 Å². The largest absolute Gasteiger partial charge is 0.416 e. The van der Waals surface area contributed by atoms with Crippen molar-refractivity contribution in [3.05, 3.63) is 59.7 Å². The Balaban J connectivity index is 1.98. The van der Waals surface area contributed by atoms with Crippen molar-refractivity contribution in [2.45, 2.75) is 18.0 Å². The third kappa shape index (κ3) is 5.04. The van der Waals surface area contributed by atoms with Gasteiger partial charge in [0.05, 0.1) is 17.0 Å². The molecule has 0 heterocycles. The van der Waals surface area contributed by atoms with Crippen molar-refractivity contribution in [3.63, 3.8) is 0 Å². The molecule has 0 aliphatic heterocycles. The molecule has 134 valence electrons. The van der Waals surface area contributed by atoms with Crippen molar-refractivity contribution in [1.82, 2.24) is 4.72 Å². The number of alkyl halides is 3. The van der Waals surface area contributed by atoms with Crippen molar-refractivity contribution in [1.29, 1.82) is 0 Å². The molecular weight excluding hydrogens is 357 g/mol. The molecule has 25 heavy (non-hydrogen) atoms. The number of anilines is 1. The van der Waals surface area contributed by atoms with Gasteiger partial charge in [-0.25, -0.2) is 13.1 Å². The molecule has 0 saturated heterocycles. The maximum atomic E-state index is 12.5. The van der Waals surface area contributed by atoms with Gasteiger partial charge in [-0.15, -0.1) is 0 Å². The Morgan fingerprint density at radius 2 is 1.64 bits per heavy atom. The fourth-order valence-electron chi connectivity index (χ4n) is 2.04. The summed E-state index contributed by atoms with van der Waals surface area (Å²) in [5.41, 5.74) is -0.183. The van der Waals surface area contributed by atoms with Crippen LogP contribution < -0.4 is 10.0 Å². The minimum atomic E-state index is -4.47. The standard InChI is InChI=1S/C16H15F3N2O3S/c1-11-4-2-3-5-14(11)25(23,24)20-10-15(22)21-13-8-6-12(7-9-13)16(17,18)19/h2-9,20H,10H2,1H3,(H,21,22). The van der Waals surface area contributed by atoms with Gasteiger partial charge in [0, 0.05) is 5.69 Å². The van der Waals surface area contributed by atoms with Crippen molar-refractivity contribution < 1.29 is 26.4 Å². The zero-order valence-corrected chi connectivity index (χ0v) is 13.9. The van der Waals surface area contributed by atoms with Gasteiger partial charge in [-0.05, 0) is 42.8 Å². The minimum absolute atomic E-state index is 0.0531.